The first-order valence-electron chi connectivity index (χ1n) is 7.09. The van der Waals surface area contributed by atoms with Gasteiger partial charge in [0.2, 0.25) is 11.8 Å². The van der Waals surface area contributed by atoms with Gasteiger partial charge in [0.25, 0.3) is 0 Å². The number of nitrogens with zero attached hydrogens (tertiary/aromatic N) is 1. The van der Waals surface area contributed by atoms with E-state index < -0.39 is 0 Å². The van der Waals surface area contributed by atoms with E-state index in [0.29, 0.717) is 26.3 Å². The second-order valence-electron chi connectivity index (χ2n) is 5.17. The monoisotopic (exact) mass is 269 g/mol. The van der Waals surface area contributed by atoms with Gasteiger partial charge in [-0.1, -0.05) is 0 Å². The zero-order valence-electron chi connectivity index (χ0n) is 11.5. The molecular weight excluding hydrogens is 246 g/mol. The lowest BCUT2D eigenvalue weighted by Gasteiger charge is -2.30. The Balaban J connectivity index is 1.86. The molecule has 2 heterocycles. The molecule has 0 aromatic carbocycles. The molecule has 0 bridgehead atoms. The van der Waals surface area contributed by atoms with Crippen molar-refractivity contribution in [1.82, 2.24) is 15.5 Å². The van der Waals surface area contributed by atoms with Crippen LogP contribution in [0.5, 0.6) is 0 Å². The number of morpholine rings is 1. The largest absolute Gasteiger partial charge is 0.378 e. The van der Waals surface area contributed by atoms with Crippen LogP contribution in [-0.4, -0.2) is 61.6 Å². The summed E-state index contributed by atoms with van der Waals surface area (Å²) in [5, 5.41) is 6.03. The second kappa shape index (κ2) is 6.86. The van der Waals surface area contributed by atoms with Crippen LogP contribution in [0.3, 0.4) is 0 Å². The first kappa shape index (κ1) is 14.3. The number of nitrogens with one attached hydrogen (secondary N) is 2. The molecule has 0 saturated carbocycles. The normalized spacial score (nSPS) is 26.5. The Morgan fingerprint density at radius 3 is 2.89 bits per heavy atom. The average Bonchev–Trinajstić information content (AvgIpc) is 2.64. The Labute approximate surface area is 113 Å². The van der Waals surface area contributed by atoms with Gasteiger partial charge in [-0.3, -0.25) is 14.9 Å². The van der Waals surface area contributed by atoms with E-state index in [2.05, 4.69) is 10.6 Å². The molecular formula is C13H23N3O3. The predicted molar refractivity (Wildman–Crippen MR) is 70.6 cm³/mol. The molecule has 0 radical (unpaired) electrons. The van der Waals surface area contributed by atoms with E-state index >= 15 is 0 Å². The molecule has 2 atom stereocenters. The van der Waals surface area contributed by atoms with Crippen molar-refractivity contribution in [3.05, 3.63) is 0 Å². The number of ether oxygens (including phenoxy) is 1. The van der Waals surface area contributed by atoms with Crippen LogP contribution in [0.4, 0.5) is 0 Å². The molecule has 0 aliphatic carbocycles. The molecule has 2 fully saturated rings. The Bertz CT molecular complexity index is 329. The number of rotatable bonds is 3. The summed E-state index contributed by atoms with van der Waals surface area (Å²) in [7, 11) is 0. The highest BCUT2D eigenvalue weighted by Gasteiger charge is 2.27. The van der Waals surface area contributed by atoms with E-state index in [4.69, 9.17) is 4.74 Å². The van der Waals surface area contributed by atoms with Crippen LogP contribution in [0.2, 0.25) is 0 Å². The van der Waals surface area contributed by atoms with Crippen molar-refractivity contribution in [1.29, 1.82) is 0 Å². The van der Waals surface area contributed by atoms with Crippen molar-refractivity contribution in [3.8, 4) is 0 Å². The third kappa shape index (κ3) is 3.91. The van der Waals surface area contributed by atoms with Gasteiger partial charge in [0.1, 0.15) is 0 Å². The van der Waals surface area contributed by atoms with E-state index in [1.54, 1.807) is 4.90 Å². The highest BCUT2D eigenvalue weighted by atomic mass is 16.5. The van der Waals surface area contributed by atoms with Gasteiger partial charge in [0.15, 0.2) is 0 Å². The Kier molecular flexibility index (Phi) is 5.15. The van der Waals surface area contributed by atoms with E-state index in [1.807, 2.05) is 6.92 Å². The summed E-state index contributed by atoms with van der Waals surface area (Å²) in [6.45, 7) is 5.05. The SMILES string of the molecule is CC(NC1CCCCNC1=O)C(=O)N1CCOCC1. The summed E-state index contributed by atoms with van der Waals surface area (Å²) in [4.78, 5) is 25.9. The van der Waals surface area contributed by atoms with Gasteiger partial charge in [-0.25, -0.2) is 0 Å². The molecule has 2 unspecified atom stereocenters. The maximum absolute atomic E-state index is 12.2. The van der Waals surface area contributed by atoms with Crippen LogP contribution in [0.15, 0.2) is 0 Å². The molecule has 108 valence electrons. The predicted octanol–water partition coefficient (Wildman–Crippen LogP) is -0.508. The van der Waals surface area contributed by atoms with Crippen molar-refractivity contribution in [2.45, 2.75) is 38.3 Å². The Hall–Kier alpha value is -1.14. The molecule has 0 spiro atoms. The quantitative estimate of drug-likeness (QED) is 0.724. The average molecular weight is 269 g/mol. The zero-order valence-corrected chi connectivity index (χ0v) is 11.5. The van der Waals surface area contributed by atoms with Gasteiger partial charge < -0.3 is 15.0 Å². The van der Waals surface area contributed by atoms with Gasteiger partial charge in [-0.15, -0.1) is 0 Å². The molecule has 6 heteroatoms. The van der Waals surface area contributed by atoms with Crippen LogP contribution in [0.1, 0.15) is 26.2 Å². The third-order valence-electron chi connectivity index (χ3n) is 3.68. The minimum atomic E-state index is -0.327. The Morgan fingerprint density at radius 1 is 1.42 bits per heavy atom. The summed E-state index contributed by atoms with van der Waals surface area (Å²) in [6, 6.07) is -0.575. The van der Waals surface area contributed by atoms with Gasteiger partial charge in [0, 0.05) is 19.6 Å². The fourth-order valence-corrected chi connectivity index (χ4v) is 2.53. The van der Waals surface area contributed by atoms with Crippen LogP contribution >= 0.6 is 0 Å². The molecule has 2 N–H and O–H groups in total. The molecule has 2 aliphatic rings. The van der Waals surface area contributed by atoms with E-state index in [1.165, 1.54) is 0 Å². The minimum Gasteiger partial charge on any atom is -0.378 e. The first-order chi connectivity index (χ1) is 9.18. The lowest BCUT2D eigenvalue weighted by atomic mass is 10.1. The lowest BCUT2D eigenvalue weighted by molar-refractivity contribution is -0.137. The third-order valence-corrected chi connectivity index (χ3v) is 3.68. The first-order valence-corrected chi connectivity index (χ1v) is 7.09. The van der Waals surface area contributed by atoms with Crippen molar-refractivity contribution >= 4 is 11.8 Å². The smallest absolute Gasteiger partial charge is 0.239 e. The minimum absolute atomic E-state index is 0.0131. The van der Waals surface area contributed by atoms with E-state index in [-0.39, 0.29) is 23.9 Å². The van der Waals surface area contributed by atoms with Gasteiger partial charge in [-0.2, -0.15) is 0 Å². The molecule has 2 saturated heterocycles. The van der Waals surface area contributed by atoms with E-state index in [0.717, 1.165) is 25.8 Å². The fourth-order valence-electron chi connectivity index (χ4n) is 2.53. The van der Waals surface area contributed by atoms with Crippen molar-refractivity contribution in [2.24, 2.45) is 0 Å². The van der Waals surface area contributed by atoms with Crippen LogP contribution in [0.25, 0.3) is 0 Å². The van der Waals surface area contributed by atoms with Gasteiger partial charge in [0.05, 0.1) is 25.3 Å². The molecule has 2 rings (SSSR count). The highest BCUT2D eigenvalue weighted by molar-refractivity contribution is 5.85. The van der Waals surface area contributed by atoms with Gasteiger partial charge in [-0.05, 0) is 26.2 Å². The molecule has 2 aliphatic heterocycles. The molecule has 6 nitrogen and oxygen atoms in total. The van der Waals surface area contributed by atoms with Crippen LogP contribution in [0, 0.1) is 0 Å². The van der Waals surface area contributed by atoms with Gasteiger partial charge >= 0.3 is 0 Å². The van der Waals surface area contributed by atoms with Crippen molar-refractivity contribution < 1.29 is 14.3 Å². The molecule has 19 heavy (non-hydrogen) atoms. The second-order valence-corrected chi connectivity index (χ2v) is 5.17. The number of carbonyl (C=O) groups excluding carboxylic acids is 2. The van der Waals surface area contributed by atoms with E-state index in [9.17, 15) is 9.59 Å². The van der Waals surface area contributed by atoms with Crippen LogP contribution < -0.4 is 10.6 Å². The molecule has 0 aromatic rings. The number of hydrogen-bond acceptors (Lipinski definition) is 4. The maximum atomic E-state index is 12.2. The Morgan fingerprint density at radius 2 is 2.16 bits per heavy atom. The lowest BCUT2D eigenvalue weighted by Crippen LogP contribution is -2.54. The number of carbonyl (C=O) groups is 2. The maximum Gasteiger partial charge on any atom is 0.239 e. The summed E-state index contributed by atoms with van der Waals surface area (Å²) >= 11 is 0. The summed E-state index contributed by atoms with van der Waals surface area (Å²) < 4.78 is 5.23. The topological polar surface area (TPSA) is 70.7 Å². The fraction of sp³-hybridized carbons (Fsp3) is 0.846. The highest BCUT2D eigenvalue weighted by Crippen LogP contribution is 2.08. The summed E-state index contributed by atoms with van der Waals surface area (Å²) in [6.07, 6.45) is 2.82. The molecule has 0 aromatic heterocycles. The van der Waals surface area contributed by atoms with Crippen molar-refractivity contribution in [3.63, 3.8) is 0 Å². The molecule has 2 amide bonds. The summed E-state index contributed by atoms with van der Waals surface area (Å²) in [5.41, 5.74) is 0. The number of hydrogen-bond donors (Lipinski definition) is 2. The number of amides is 2. The van der Waals surface area contributed by atoms with Crippen LogP contribution in [-0.2, 0) is 14.3 Å². The standard InChI is InChI=1S/C13H23N3O3/c1-10(13(18)16-6-8-19-9-7-16)15-11-4-2-3-5-14-12(11)17/h10-11,15H,2-9H2,1H3,(H,14,17). The summed E-state index contributed by atoms with van der Waals surface area (Å²) in [5.74, 6) is 0.0690. The van der Waals surface area contributed by atoms with Crippen molar-refractivity contribution in [2.75, 3.05) is 32.8 Å². The zero-order chi connectivity index (χ0) is 13.7.